The molecule has 0 aliphatic heterocycles. The molecule has 1 rings (SSSR count). The van der Waals surface area contributed by atoms with Gasteiger partial charge in [-0.25, -0.2) is 0 Å². The van der Waals surface area contributed by atoms with Gasteiger partial charge >= 0.3 is 0 Å². The van der Waals surface area contributed by atoms with Gasteiger partial charge in [-0.1, -0.05) is 55.1 Å². The van der Waals surface area contributed by atoms with Crippen molar-refractivity contribution in [3.05, 3.63) is 28.2 Å². The molecule has 1 aromatic rings. The lowest BCUT2D eigenvalue weighted by Gasteiger charge is -2.16. The van der Waals surface area contributed by atoms with Gasteiger partial charge in [-0.2, -0.15) is 0 Å². The molecule has 0 bridgehead atoms. The monoisotopic (exact) mass is 327 g/mol. The molecule has 108 valence electrons. The van der Waals surface area contributed by atoms with Gasteiger partial charge in [0.05, 0.1) is 6.61 Å². The molecule has 0 saturated carbocycles. The summed E-state index contributed by atoms with van der Waals surface area (Å²) in [5.74, 6) is 1.58. The first-order valence-corrected chi connectivity index (χ1v) is 8.05. The molecule has 0 amide bonds. The molecule has 0 aliphatic carbocycles. The van der Waals surface area contributed by atoms with E-state index in [-0.39, 0.29) is 6.04 Å². The summed E-state index contributed by atoms with van der Waals surface area (Å²) in [5, 5.41) is 0. The Bertz CT molecular complexity index is 379. The molecule has 3 heteroatoms. The average Bonchev–Trinajstić information content (AvgIpc) is 2.38. The number of unbranched alkanes of at least 4 members (excludes halogenated alkanes) is 1. The van der Waals surface area contributed by atoms with Crippen LogP contribution in [0.3, 0.4) is 0 Å². The smallest absolute Gasteiger partial charge is 0.120 e. The van der Waals surface area contributed by atoms with E-state index in [2.05, 4.69) is 29.8 Å². The number of benzene rings is 1. The van der Waals surface area contributed by atoms with E-state index in [1.54, 1.807) is 0 Å². The minimum Gasteiger partial charge on any atom is -0.493 e. The van der Waals surface area contributed by atoms with Crippen LogP contribution in [0.5, 0.6) is 5.75 Å². The molecule has 2 atom stereocenters. The molecule has 2 N–H and O–H groups in total. The van der Waals surface area contributed by atoms with Crippen molar-refractivity contribution in [2.45, 2.75) is 52.5 Å². The number of nitrogens with two attached hydrogens (primary N) is 1. The Labute approximate surface area is 125 Å². The van der Waals surface area contributed by atoms with E-state index in [1.165, 1.54) is 25.7 Å². The molecule has 1 aromatic carbocycles. The fourth-order valence-electron chi connectivity index (χ4n) is 2.08. The fraction of sp³-hybridized carbons (Fsp3) is 0.625. The molecule has 2 nitrogen and oxygen atoms in total. The van der Waals surface area contributed by atoms with Gasteiger partial charge in [-0.05, 0) is 37.0 Å². The number of hydrogen-bond donors (Lipinski definition) is 1. The Balaban J connectivity index is 2.55. The predicted octanol–water partition coefficient (Wildman–Crippen LogP) is 5.06. The van der Waals surface area contributed by atoms with Crippen molar-refractivity contribution >= 4 is 15.9 Å². The van der Waals surface area contributed by atoms with Crippen molar-refractivity contribution in [3.8, 4) is 5.75 Å². The van der Waals surface area contributed by atoms with Crippen molar-refractivity contribution in [1.82, 2.24) is 0 Å². The van der Waals surface area contributed by atoms with Crippen molar-refractivity contribution in [1.29, 1.82) is 0 Å². The maximum atomic E-state index is 5.90. The summed E-state index contributed by atoms with van der Waals surface area (Å²) in [6.45, 7) is 7.26. The Kier molecular flexibility index (Phi) is 7.47. The third-order valence-electron chi connectivity index (χ3n) is 3.49. The summed E-state index contributed by atoms with van der Waals surface area (Å²) in [6.07, 6.45) is 4.98. The zero-order valence-electron chi connectivity index (χ0n) is 12.3. The van der Waals surface area contributed by atoms with Gasteiger partial charge in [0.2, 0.25) is 0 Å². The van der Waals surface area contributed by atoms with Crippen LogP contribution in [0.4, 0.5) is 0 Å². The zero-order valence-corrected chi connectivity index (χ0v) is 13.9. The van der Waals surface area contributed by atoms with Gasteiger partial charge in [-0.15, -0.1) is 0 Å². The Morgan fingerprint density at radius 2 is 2.05 bits per heavy atom. The van der Waals surface area contributed by atoms with Gasteiger partial charge in [0, 0.05) is 10.5 Å². The number of halogens is 1. The average molecular weight is 328 g/mol. The standard InChI is InChI=1S/C16H26BrNO/c1-4-6-7-13(5-2)11-19-14-8-9-15(12(3)18)16(17)10-14/h8-10,12-13H,4-7,11,18H2,1-3H3/t12-,13?/m0/s1. The van der Waals surface area contributed by atoms with E-state index in [0.29, 0.717) is 5.92 Å². The number of ether oxygens (including phenoxy) is 1. The normalized spacial score (nSPS) is 14.2. The number of hydrogen-bond acceptors (Lipinski definition) is 2. The quantitative estimate of drug-likeness (QED) is 0.723. The largest absolute Gasteiger partial charge is 0.493 e. The molecule has 0 aliphatic rings. The minimum atomic E-state index is 0.0383. The van der Waals surface area contributed by atoms with E-state index < -0.39 is 0 Å². The van der Waals surface area contributed by atoms with Crippen LogP contribution in [0.15, 0.2) is 22.7 Å². The van der Waals surface area contributed by atoms with Gasteiger partial charge < -0.3 is 10.5 Å². The molecule has 0 radical (unpaired) electrons. The third-order valence-corrected chi connectivity index (χ3v) is 4.18. The highest BCUT2D eigenvalue weighted by molar-refractivity contribution is 9.10. The lowest BCUT2D eigenvalue weighted by Crippen LogP contribution is -2.11. The van der Waals surface area contributed by atoms with Crippen LogP contribution in [-0.2, 0) is 0 Å². The second-order valence-corrected chi connectivity index (χ2v) is 6.05. The molecule has 1 unspecified atom stereocenters. The van der Waals surface area contributed by atoms with Gasteiger partial charge in [0.1, 0.15) is 5.75 Å². The zero-order chi connectivity index (χ0) is 14.3. The molecule has 0 heterocycles. The summed E-state index contributed by atoms with van der Waals surface area (Å²) in [6, 6.07) is 6.11. The first-order valence-electron chi connectivity index (χ1n) is 7.26. The molecule has 0 spiro atoms. The summed E-state index contributed by atoms with van der Waals surface area (Å²) in [5.41, 5.74) is 7.01. The SMILES string of the molecule is CCCCC(CC)COc1ccc([C@H](C)N)c(Br)c1. The maximum absolute atomic E-state index is 5.90. The summed E-state index contributed by atoms with van der Waals surface area (Å²) in [7, 11) is 0. The van der Waals surface area contributed by atoms with Crippen LogP contribution in [0, 0.1) is 5.92 Å². The predicted molar refractivity (Wildman–Crippen MR) is 85.5 cm³/mol. The maximum Gasteiger partial charge on any atom is 0.120 e. The number of rotatable bonds is 8. The lowest BCUT2D eigenvalue weighted by molar-refractivity contribution is 0.233. The Morgan fingerprint density at radius 1 is 1.32 bits per heavy atom. The Morgan fingerprint density at radius 3 is 2.58 bits per heavy atom. The topological polar surface area (TPSA) is 35.2 Å². The van der Waals surface area contributed by atoms with Gasteiger partial charge in [0.25, 0.3) is 0 Å². The minimum absolute atomic E-state index is 0.0383. The third kappa shape index (κ3) is 5.53. The fourth-order valence-corrected chi connectivity index (χ4v) is 2.80. The van der Waals surface area contributed by atoms with E-state index in [9.17, 15) is 0 Å². The molecule has 0 saturated heterocycles. The van der Waals surface area contributed by atoms with Crippen LogP contribution in [-0.4, -0.2) is 6.61 Å². The highest BCUT2D eigenvalue weighted by atomic mass is 79.9. The molecule has 19 heavy (non-hydrogen) atoms. The van der Waals surface area contributed by atoms with Crippen LogP contribution in [0.2, 0.25) is 0 Å². The second-order valence-electron chi connectivity index (χ2n) is 5.20. The van der Waals surface area contributed by atoms with Crippen molar-refractivity contribution in [2.24, 2.45) is 11.7 Å². The summed E-state index contributed by atoms with van der Waals surface area (Å²) in [4.78, 5) is 0. The van der Waals surface area contributed by atoms with E-state index in [0.717, 1.165) is 22.4 Å². The highest BCUT2D eigenvalue weighted by Gasteiger charge is 2.09. The molecule has 0 aromatic heterocycles. The first-order chi connectivity index (χ1) is 9.08. The summed E-state index contributed by atoms with van der Waals surface area (Å²) >= 11 is 3.55. The van der Waals surface area contributed by atoms with Crippen LogP contribution in [0.1, 0.15) is 58.1 Å². The van der Waals surface area contributed by atoms with E-state index in [1.807, 2.05) is 25.1 Å². The van der Waals surface area contributed by atoms with Crippen molar-refractivity contribution < 1.29 is 4.74 Å². The van der Waals surface area contributed by atoms with Gasteiger partial charge in [-0.3, -0.25) is 0 Å². The van der Waals surface area contributed by atoms with Crippen LogP contribution < -0.4 is 10.5 Å². The van der Waals surface area contributed by atoms with E-state index >= 15 is 0 Å². The molecular weight excluding hydrogens is 302 g/mol. The van der Waals surface area contributed by atoms with Crippen molar-refractivity contribution in [3.63, 3.8) is 0 Å². The highest BCUT2D eigenvalue weighted by Crippen LogP contribution is 2.27. The van der Waals surface area contributed by atoms with E-state index in [4.69, 9.17) is 10.5 Å². The van der Waals surface area contributed by atoms with Gasteiger partial charge in [0.15, 0.2) is 0 Å². The first kappa shape index (κ1) is 16.5. The second kappa shape index (κ2) is 8.60. The van der Waals surface area contributed by atoms with Crippen LogP contribution >= 0.6 is 15.9 Å². The molecular formula is C16H26BrNO. The van der Waals surface area contributed by atoms with Crippen LogP contribution in [0.25, 0.3) is 0 Å². The summed E-state index contributed by atoms with van der Waals surface area (Å²) < 4.78 is 6.93. The molecule has 0 fully saturated rings. The van der Waals surface area contributed by atoms with Crippen molar-refractivity contribution in [2.75, 3.05) is 6.61 Å². The lowest BCUT2D eigenvalue weighted by atomic mass is 10.0. The Hall–Kier alpha value is -0.540.